The highest BCUT2D eigenvalue weighted by atomic mass is 31.2. The molecule has 4 atom stereocenters. The lowest BCUT2D eigenvalue weighted by molar-refractivity contribution is 0.264. The molecule has 4 heterocycles. The van der Waals surface area contributed by atoms with Crippen LogP contribution in [0.15, 0.2) is 140 Å². The molecule has 0 bridgehead atoms. The molecule has 3 aliphatic heterocycles. The number of fused-ring (bicyclic) bond motifs is 9. The van der Waals surface area contributed by atoms with Crippen molar-refractivity contribution in [2.75, 3.05) is 34.8 Å². The molecule has 0 amide bonds. The standard InChI is InChI=1S/C42H35N6O6P3/c49-55(37-22-10-4-16-31(37)28-13-1-7-19-34(28)52-55)25-43-40-46-41(44-26-56(50)38-23-11-5-17-32(38)29-14-2-8-20-35(29)53-56)48-42(47-40)45-27-57(51)39-24-12-6-18-33(39)30-15-3-9-21-36(30)54-57/h1-20,22-24,36H,21,25-27H2,(H3,43,44,45,46,47,48). The zero-order valence-corrected chi connectivity index (χ0v) is 33.0. The predicted molar refractivity (Wildman–Crippen MR) is 225 cm³/mol. The van der Waals surface area contributed by atoms with Crippen molar-refractivity contribution in [3.63, 3.8) is 0 Å². The zero-order chi connectivity index (χ0) is 38.6. The highest BCUT2D eigenvalue weighted by Crippen LogP contribution is 2.57. The second-order valence-electron chi connectivity index (χ2n) is 13.9. The maximum Gasteiger partial charge on any atom is 0.296 e. The Morgan fingerprint density at radius 1 is 0.509 bits per heavy atom. The Hall–Kier alpha value is -5.76. The van der Waals surface area contributed by atoms with E-state index >= 15 is 0 Å². The first-order valence-electron chi connectivity index (χ1n) is 18.5. The number of para-hydroxylation sites is 2. The second-order valence-corrected chi connectivity index (χ2v) is 20.9. The van der Waals surface area contributed by atoms with Gasteiger partial charge in [0.2, 0.25) is 17.8 Å². The molecule has 4 aliphatic rings. The Balaban J connectivity index is 0.970. The molecule has 1 aliphatic carbocycles. The number of allylic oxidation sites excluding steroid dienone is 2. The van der Waals surface area contributed by atoms with E-state index in [1.54, 1.807) is 24.3 Å². The fourth-order valence-corrected chi connectivity index (χ4v) is 14.0. The van der Waals surface area contributed by atoms with Gasteiger partial charge in [0.25, 0.3) is 22.1 Å². The number of aromatic nitrogens is 3. The number of rotatable bonds is 9. The smallest absolute Gasteiger partial charge is 0.296 e. The SMILES string of the molecule is O=P1(CNc2nc(NCP3(=O)Oc4ccccc4-c4ccccc43)nc(NCP3(=O)Oc4ccccc4-c4ccccc43)n2)OC2CC=CC=C2c2ccccc21. The van der Waals surface area contributed by atoms with E-state index in [-0.39, 0.29) is 42.8 Å². The average molecular weight is 813 g/mol. The minimum absolute atomic E-state index is 0.0598. The number of nitrogens with one attached hydrogen (secondary N) is 3. The molecular formula is C42H35N6O6P3. The minimum atomic E-state index is -3.54. The lowest BCUT2D eigenvalue weighted by Gasteiger charge is -2.35. The fourth-order valence-electron chi connectivity index (χ4n) is 7.69. The zero-order valence-electron chi connectivity index (χ0n) is 30.3. The summed E-state index contributed by atoms with van der Waals surface area (Å²) >= 11 is 0. The molecular weight excluding hydrogens is 777 g/mol. The Bertz CT molecular complexity index is 2680. The van der Waals surface area contributed by atoms with E-state index in [4.69, 9.17) is 13.6 Å². The van der Waals surface area contributed by atoms with Crippen LogP contribution in [-0.2, 0) is 18.2 Å². The van der Waals surface area contributed by atoms with Crippen LogP contribution >= 0.6 is 22.1 Å². The molecule has 4 unspecified atom stereocenters. The summed E-state index contributed by atoms with van der Waals surface area (Å²) in [6, 6.07) is 37.5. The monoisotopic (exact) mass is 812 g/mol. The lowest BCUT2D eigenvalue weighted by Crippen LogP contribution is -2.31. The van der Waals surface area contributed by atoms with Crippen LogP contribution in [0, 0.1) is 0 Å². The van der Waals surface area contributed by atoms with Crippen molar-refractivity contribution >= 4 is 61.4 Å². The van der Waals surface area contributed by atoms with E-state index in [9.17, 15) is 13.7 Å². The summed E-state index contributed by atoms with van der Waals surface area (Å²) in [4.78, 5) is 13.9. The lowest BCUT2D eigenvalue weighted by atomic mass is 9.94. The van der Waals surface area contributed by atoms with Gasteiger partial charge in [0.1, 0.15) is 24.1 Å². The van der Waals surface area contributed by atoms with Crippen molar-refractivity contribution in [3.8, 4) is 33.8 Å². The van der Waals surface area contributed by atoms with Crippen LogP contribution in [0.1, 0.15) is 12.0 Å². The summed E-state index contributed by atoms with van der Waals surface area (Å²) in [5.41, 5.74) is 5.25. The molecule has 10 rings (SSSR count). The summed E-state index contributed by atoms with van der Waals surface area (Å²) in [6.07, 6.45) is 5.83. The third kappa shape index (κ3) is 6.39. The molecule has 57 heavy (non-hydrogen) atoms. The maximum absolute atomic E-state index is 14.7. The van der Waals surface area contributed by atoms with Crippen LogP contribution in [0.2, 0.25) is 0 Å². The van der Waals surface area contributed by atoms with E-state index in [2.05, 4.69) is 30.9 Å². The molecule has 0 saturated carbocycles. The highest BCUT2D eigenvalue weighted by Gasteiger charge is 2.41. The van der Waals surface area contributed by atoms with Gasteiger partial charge in [-0.1, -0.05) is 109 Å². The van der Waals surface area contributed by atoms with Crippen LogP contribution in [-0.4, -0.2) is 39.9 Å². The molecule has 12 nitrogen and oxygen atoms in total. The highest BCUT2D eigenvalue weighted by molar-refractivity contribution is 7.68. The number of benzene rings is 5. The van der Waals surface area contributed by atoms with Gasteiger partial charge >= 0.3 is 0 Å². The van der Waals surface area contributed by atoms with Gasteiger partial charge in [-0.2, -0.15) is 15.0 Å². The van der Waals surface area contributed by atoms with Crippen molar-refractivity contribution in [2.24, 2.45) is 0 Å². The molecule has 5 aromatic carbocycles. The third-order valence-electron chi connectivity index (χ3n) is 10.3. The fraction of sp³-hybridized carbons (Fsp3) is 0.119. The van der Waals surface area contributed by atoms with E-state index < -0.39 is 22.1 Å². The van der Waals surface area contributed by atoms with Crippen molar-refractivity contribution in [2.45, 2.75) is 12.5 Å². The van der Waals surface area contributed by atoms with Crippen molar-refractivity contribution in [1.82, 2.24) is 15.0 Å². The first-order valence-corrected chi connectivity index (χ1v) is 23.9. The van der Waals surface area contributed by atoms with Crippen LogP contribution < -0.4 is 40.9 Å². The van der Waals surface area contributed by atoms with Crippen LogP contribution in [0.25, 0.3) is 27.8 Å². The summed E-state index contributed by atoms with van der Waals surface area (Å²) in [6.45, 7) is 0. The molecule has 0 radical (unpaired) electrons. The quantitative estimate of drug-likeness (QED) is 0.120. The van der Waals surface area contributed by atoms with Crippen LogP contribution in [0.4, 0.5) is 17.8 Å². The van der Waals surface area contributed by atoms with Crippen molar-refractivity contribution in [3.05, 3.63) is 145 Å². The van der Waals surface area contributed by atoms with Gasteiger partial charge in [-0.3, -0.25) is 13.7 Å². The van der Waals surface area contributed by atoms with Crippen LogP contribution in [0.5, 0.6) is 11.5 Å². The summed E-state index contributed by atoms with van der Waals surface area (Å²) in [5.74, 6) is 1.22. The average Bonchev–Trinajstić information content (AvgIpc) is 3.25. The van der Waals surface area contributed by atoms with Gasteiger partial charge in [-0.25, -0.2) is 0 Å². The van der Waals surface area contributed by atoms with Crippen molar-refractivity contribution in [1.29, 1.82) is 0 Å². The van der Waals surface area contributed by atoms with Gasteiger partial charge in [0, 0.05) is 16.4 Å². The molecule has 284 valence electrons. The number of anilines is 3. The van der Waals surface area contributed by atoms with E-state index in [0.717, 1.165) is 33.4 Å². The number of hydrogen-bond donors (Lipinski definition) is 3. The van der Waals surface area contributed by atoms with Crippen molar-refractivity contribution < 1.29 is 27.3 Å². The topological polar surface area (TPSA) is 154 Å². The van der Waals surface area contributed by atoms with E-state index in [1.807, 2.05) is 115 Å². The molecule has 3 N–H and O–H groups in total. The number of nitrogens with zero attached hydrogens (tertiary/aromatic N) is 3. The van der Waals surface area contributed by atoms with Gasteiger partial charge in [0.15, 0.2) is 0 Å². The van der Waals surface area contributed by atoms with E-state index in [0.29, 0.717) is 33.8 Å². The molecule has 0 saturated heterocycles. The van der Waals surface area contributed by atoms with Gasteiger partial charge < -0.3 is 29.5 Å². The molecule has 15 heteroatoms. The predicted octanol–water partition coefficient (Wildman–Crippen LogP) is 8.65. The Labute approximate surface area is 328 Å². The first kappa shape index (κ1) is 35.6. The van der Waals surface area contributed by atoms with Crippen LogP contribution in [0.3, 0.4) is 0 Å². The van der Waals surface area contributed by atoms with Gasteiger partial charge in [0.05, 0.1) is 23.0 Å². The van der Waals surface area contributed by atoms with E-state index in [1.165, 1.54) is 0 Å². The normalized spacial score (nSPS) is 23.4. The summed E-state index contributed by atoms with van der Waals surface area (Å²) in [5, 5.41) is 11.2. The summed E-state index contributed by atoms with van der Waals surface area (Å²) in [7, 11) is -10.6. The number of hydrogen-bond acceptors (Lipinski definition) is 12. The Morgan fingerprint density at radius 3 is 1.42 bits per heavy atom. The Morgan fingerprint density at radius 2 is 0.912 bits per heavy atom. The minimum Gasteiger partial charge on any atom is -0.438 e. The molecule has 1 aromatic heterocycles. The molecule has 6 aromatic rings. The van der Waals surface area contributed by atoms with Gasteiger partial charge in [-0.15, -0.1) is 0 Å². The Kier molecular flexibility index (Phi) is 8.76. The molecule has 0 spiro atoms. The second kappa shape index (κ2) is 14.0. The summed E-state index contributed by atoms with van der Waals surface area (Å²) < 4.78 is 62.8. The maximum atomic E-state index is 14.7. The first-order chi connectivity index (χ1) is 27.8. The molecule has 0 fully saturated rings. The third-order valence-corrected chi connectivity index (χ3v) is 17.0. The largest absolute Gasteiger partial charge is 0.438 e. The van der Waals surface area contributed by atoms with Gasteiger partial charge in [-0.05, 0) is 59.0 Å².